The van der Waals surface area contributed by atoms with Crippen molar-refractivity contribution >= 4 is 94.1 Å². The highest BCUT2D eigenvalue weighted by molar-refractivity contribution is 8.19. The molecule has 0 aliphatic carbocycles. The minimum atomic E-state index is 0.560. The van der Waals surface area contributed by atoms with Crippen LogP contribution in [0.15, 0.2) is 9.81 Å². The Morgan fingerprint density at radius 3 is 2.21 bits per heavy atom. The fourth-order valence-corrected chi connectivity index (χ4v) is 13.7. The maximum atomic E-state index is 2.58. The molecule has 0 bridgehead atoms. The smallest absolute Gasteiger partial charge is 0.162 e. The van der Waals surface area contributed by atoms with E-state index in [1.807, 2.05) is 0 Å². The first-order valence-corrected chi connectivity index (χ1v) is 21.1. The molecule has 5 unspecified atom stereocenters. The molecule has 0 spiro atoms. The summed E-state index contributed by atoms with van der Waals surface area (Å²) < 4.78 is 0. The topological polar surface area (TPSA) is 0 Å². The molecule has 0 radical (unpaired) electrons. The summed E-state index contributed by atoms with van der Waals surface area (Å²) in [6.45, 7) is 19.0. The Bertz CT molecular complexity index is 495. The van der Waals surface area contributed by atoms with Crippen LogP contribution in [0.1, 0.15) is 61.8 Å². The van der Waals surface area contributed by atoms with Gasteiger partial charge in [0.2, 0.25) is 0 Å². The monoisotopic (exact) mass is 616 g/mol. The molecule has 1 aliphatic rings. The molecular formula is C26H48S8+2. The first-order chi connectivity index (χ1) is 16.4. The molecule has 0 nitrogen and oxygen atoms in total. The van der Waals surface area contributed by atoms with Crippen molar-refractivity contribution in [3.05, 3.63) is 21.5 Å². The molecule has 1 aliphatic heterocycles. The van der Waals surface area contributed by atoms with Gasteiger partial charge in [-0.05, 0) is 42.9 Å². The van der Waals surface area contributed by atoms with Gasteiger partial charge in [0.15, 0.2) is 15.4 Å². The lowest BCUT2D eigenvalue weighted by Crippen LogP contribution is -2.29. The first-order valence-electron chi connectivity index (χ1n) is 12.7. The SMILES string of the molecule is CCSCC(C)[C+]1SCSC(C)C/C(SCC)=C(/SCC)[CH+]C(C)SCSC1C(C)CSCC. The minimum absolute atomic E-state index is 0.560. The molecule has 8 heteroatoms. The molecule has 1 heterocycles. The number of thioether (sulfide) groups is 8. The van der Waals surface area contributed by atoms with Gasteiger partial charge in [0.25, 0.3) is 0 Å². The molecule has 0 amide bonds. The van der Waals surface area contributed by atoms with Crippen LogP contribution >= 0.6 is 94.1 Å². The largest absolute Gasteiger partial charge is 0.175 e. The number of hydrogen-bond donors (Lipinski definition) is 0. The van der Waals surface area contributed by atoms with Crippen molar-refractivity contribution in [1.82, 2.24) is 0 Å². The van der Waals surface area contributed by atoms with E-state index in [2.05, 4.69) is 156 Å². The van der Waals surface area contributed by atoms with Crippen LogP contribution in [0, 0.1) is 23.5 Å². The van der Waals surface area contributed by atoms with Crippen molar-refractivity contribution < 1.29 is 0 Å². The van der Waals surface area contributed by atoms with Crippen LogP contribution in [-0.2, 0) is 0 Å². The van der Waals surface area contributed by atoms with Crippen molar-refractivity contribution in [2.75, 3.05) is 44.7 Å². The minimum Gasteiger partial charge on any atom is -0.162 e. The molecule has 0 saturated heterocycles. The summed E-state index contributed by atoms with van der Waals surface area (Å²) in [7, 11) is 0. The van der Waals surface area contributed by atoms with Crippen LogP contribution in [0.4, 0.5) is 0 Å². The molecule has 0 aromatic carbocycles. The van der Waals surface area contributed by atoms with E-state index in [1.165, 1.54) is 45.4 Å². The Hall–Kier alpha value is 2.28. The molecule has 0 N–H and O–H groups in total. The predicted octanol–water partition coefficient (Wildman–Crippen LogP) is 10.6. The van der Waals surface area contributed by atoms with E-state index in [0.717, 1.165) is 11.7 Å². The van der Waals surface area contributed by atoms with Gasteiger partial charge in [-0.1, -0.05) is 65.1 Å². The summed E-state index contributed by atoms with van der Waals surface area (Å²) in [5.41, 5.74) is 0. The summed E-state index contributed by atoms with van der Waals surface area (Å²) >= 11 is 17.1. The van der Waals surface area contributed by atoms with Crippen molar-refractivity contribution in [3.8, 4) is 0 Å². The standard InChI is InChI=1S/C26H48S8/c1-9-27-15-19(5)25-26(20(6)16-28-10-2)34-18-32-22(8)14-24(30-12-4)23(29-11-3)13-21(7)31-17-33-25/h13,19-22,25H,9-12,14-18H2,1-8H3/q+2/b24-23-. The van der Waals surface area contributed by atoms with Crippen LogP contribution in [0.2, 0.25) is 0 Å². The molecule has 1 rings (SSSR count). The Balaban J connectivity index is 3.14. The van der Waals surface area contributed by atoms with Crippen LogP contribution in [0.5, 0.6) is 0 Å². The molecule has 0 saturated carbocycles. The summed E-state index contributed by atoms with van der Waals surface area (Å²) in [6, 6.07) is 0. The van der Waals surface area contributed by atoms with Gasteiger partial charge < -0.3 is 0 Å². The Morgan fingerprint density at radius 1 is 0.882 bits per heavy atom. The van der Waals surface area contributed by atoms with Gasteiger partial charge in [-0.3, -0.25) is 0 Å². The lowest BCUT2D eigenvalue weighted by Gasteiger charge is -2.26. The van der Waals surface area contributed by atoms with Crippen molar-refractivity contribution in [3.63, 3.8) is 0 Å². The van der Waals surface area contributed by atoms with Crippen LogP contribution in [0.25, 0.3) is 0 Å². The van der Waals surface area contributed by atoms with Crippen LogP contribution < -0.4 is 0 Å². The second kappa shape index (κ2) is 21.1. The summed E-state index contributed by atoms with van der Waals surface area (Å²) in [4.78, 5) is 3.18. The van der Waals surface area contributed by atoms with E-state index in [1.54, 1.807) is 15.1 Å². The van der Waals surface area contributed by atoms with E-state index >= 15 is 0 Å². The predicted molar refractivity (Wildman–Crippen MR) is 183 cm³/mol. The van der Waals surface area contributed by atoms with E-state index < -0.39 is 0 Å². The highest BCUT2D eigenvalue weighted by Crippen LogP contribution is 2.47. The second-order valence-corrected chi connectivity index (χ2v) is 19.4. The van der Waals surface area contributed by atoms with Gasteiger partial charge in [-0.2, -0.15) is 23.5 Å². The quantitative estimate of drug-likeness (QED) is 0.196. The molecule has 0 aromatic heterocycles. The Morgan fingerprint density at radius 2 is 1.56 bits per heavy atom. The van der Waals surface area contributed by atoms with Gasteiger partial charge >= 0.3 is 0 Å². The maximum Gasteiger partial charge on any atom is 0.175 e. The molecule has 34 heavy (non-hydrogen) atoms. The summed E-state index contributed by atoms with van der Waals surface area (Å²) in [5.74, 6) is 8.71. The van der Waals surface area contributed by atoms with Crippen LogP contribution in [0.3, 0.4) is 0 Å². The normalized spacial score (nSPS) is 27.6. The van der Waals surface area contributed by atoms with Gasteiger partial charge in [0.05, 0.1) is 34.9 Å². The number of allylic oxidation sites excluding steroid dienone is 2. The molecule has 0 fully saturated rings. The highest BCUT2D eigenvalue weighted by atomic mass is 32.2. The van der Waals surface area contributed by atoms with Crippen molar-refractivity contribution in [1.29, 1.82) is 0 Å². The zero-order valence-electron chi connectivity index (χ0n) is 22.6. The van der Waals surface area contributed by atoms with E-state index in [9.17, 15) is 0 Å². The maximum absolute atomic E-state index is 2.58. The van der Waals surface area contributed by atoms with Crippen molar-refractivity contribution in [2.45, 2.75) is 77.6 Å². The fraction of sp³-hybridized carbons (Fsp3) is 0.846. The van der Waals surface area contributed by atoms with Gasteiger partial charge in [0, 0.05) is 33.5 Å². The van der Waals surface area contributed by atoms with Gasteiger partial charge in [-0.25, -0.2) is 0 Å². The second-order valence-electron chi connectivity index (χ2n) is 8.44. The highest BCUT2D eigenvalue weighted by Gasteiger charge is 2.43. The lowest BCUT2D eigenvalue weighted by molar-refractivity contribution is 0.589. The van der Waals surface area contributed by atoms with E-state index in [4.69, 9.17) is 0 Å². The summed E-state index contributed by atoms with van der Waals surface area (Å²) in [5, 5.41) is 6.02. The first kappa shape index (κ1) is 34.3. The fourth-order valence-electron chi connectivity index (χ4n) is 3.60. The Kier molecular flexibility index (Phi) is 21.3. The number of hydrogen-bond acceptors (Lipinski definition) is 8. The molecule has 0 aromatic rings. The summed E-state index contributed by atoms with van der Waals surface area (Å²) in [6.07, 6.45) is 3.78. The zero-order valence-corrected chi connectivity index (χ0v) is 29.1. The average Bonchev–Trinajstić information content (AvgIpc) is 2.81. The average molecular weight is 617 g/mol. The van der Waals surface area contributed by atoms with Crippen molar-refractivity contribution in [2.24, 2.45) is 11.8 Å². The zero-order chi connectivity index (χ0) is 25.3. The lowest BCUT2D eigenvalue weighted by atomic mass is 9.99. The number of rotatable bonds is 12. The molecular weight excluding hydrogens is 569 g/mol. The third-order valence-electron chi connectivity index (χ3n) is 5.35. The third kappa shape index (κ3) is 13.9. The van der Waals surface area contributed by atoms with E-state index in [0.29, 0.717) is 21.7 Å². The van der Waals surface area contributed by atoms with E-state index in [-0.39, 0.29) is 0 Å². The Labute approximate surface area is 247 Å². The van der Waals surface area contributed by atoms with Gasteiger partial charge in [0.1, 0.15) is 10.8 Å². The van der Waals surface area contributed by atoms with Crippen LogP contribution in [-0.4, -0.2) is 60.4 Å². The van der Waals surface area contributed by atoms with Gasteiger partial charge in [-0.15, -0.1) is 23.5 Å². The third-order valence-corrected chi connectivity index (χ3v) is 15.5. The molecule has 198 valence electrons. The molecule has 5 atom stereocenters.